The molecule has 0 spiro atoms. The van der Waals surface area contributed by atoms with Crippen LogP contribution in [0.4, 0.5) is 5.69 Å². The largest absolute Gasteiger partial charge is 0.422 e. The highest BCUT2D eigenvalue weighted by atomic mass is 32.1. The lowest BCUT2D eigenvalue weighted by Gasteiger charge is -2.12. The number of rotatable bonds is 5. The molecule has 3 aromatic carbocycles. The fraction of sp³-hybridized carbons (Fsp3) is 0.0714. The topological polar surface area (TPSA) is 84.4 Å². The lowest BCUT2D eigenvalue weighted by Crippen LogP contribution is -2.24. The Labute approximate surface area is 213 Å². The Morgan fingerprint density at radius 3 is 2.50 bits per heavy atom. The average molecular weight is 494 g/mol. The summed E-state index contributed by atoms with van der Waals surface area (Å²) in [7, 11) is 0. The molecule has 0 unspecified atom stereocenters. The predicted molar refractivity (Wildman–Crippen MR) is 148 cm³/mol. The van der Waals surface area contributed by atoms with Gasteiger partial charge in [0.15, 0.2) is 5.11 Å². The third-order valence-corrected chi connectivity index (χ3v) is 5.94. The molecule has 7 nitrogen and oxygen atoms in total. The smallest absolute Gasteiger partial charge is 0.345 e. The van der Waals surface area contributed by atoms with Crippen molar-refractivity contribution in [3.63, 3.8) is 0 Å². The predicted octanol–water partition coefficient (Wildman–Crippen LogP) is 5.58. The Balaban J connectivity index is 1.48. The number of aromatic nitrogens is 2. The third-order valence-electron chi connectivity index (χ3n) is 5.75. The van der Waals surface area contributed by atoms with E-state index in [1.165, 1.54) is 0 Å². The van der Waals surface area contributed by atoms with Crippen LogP contribution in [0.2, 0.25) is 0 Å². The van der Waals surface area contributed by atoms with Crippen LogP contribution < -0.4 is 16.4 Å². The van der Waals surface area contributed by atoms with E-state index < -0.39 is 5.63 Å². The summed E-state index contributed by atoms with van der Waals surface area (Å²) >= 11 is 5.43. The number of hydrogen-bond donors (Lipinski definition) is 2. The van der Waals surface area contributed by atoms with Crippen molar-refractivity contribution in [1.29, 1.82) is 0 Å². The van der Waals surface area contributed by atoms with Crippen LogP contribution in [-0.2, 0) is 0 Å². The number of para-hydroxylation sites is 3. The van der Waals surface area contributed by atoms with Gasteiger partial charge in [0.25, 0.3) is 0 Å². The Morgan fingerprint density at radius 1 is 1.00 bits per heavy atom. The van der Waals surface area contributed by atoms with Crippen molar-refractivity contribution < 1.29 is 4.42 Å². The summed E-state index contributed by atoms with van der Waals surface area (Å²) in [5.74, 6) is 0. The molecule has 0 aliphatic carbocycles. The molecule has 0 saturated heterocycles. The normalized spacial score (nSPS) is 11.2. The van der Waals surface area contributed by atoms with Crippen LogP contribution in [0.1, 0.15) is 16.7 Å². The molecule has 36 heavy (non-hydrogen) atoms. The van der Waals surface area contributed by atoms with E-state index in [4.69, 9.17) is 21.7 Å². The Morgan fingerprint density at radius 2 is 1.72 bits per heavy atom. The summed E-state index contributed by atoms with van der Waals surface area (Å²) in [6.45, 7) is 4.03. The van der Waals surface area contributed by atoms with E-state index in [2.05, 4.69) is 15.8 Å². The molecule has 0 bridgehead atoms. The summed E-state index contributed by atoms with van der Waals surface area (Å²) in [5.41, 5.74) is 8.30. The monoisotopic (exact) mass is 493 g/mol. The number of thiocarbonyl (C=S) groups is 1. The summed E-state index contributed by atoms with van der Waals surface area (Å²) in [5, 5.41) is 13.4. The lowest BCUT2D eigenvalue weighted by molar-refractivity contribution is 0.563. The molecule has 8 heteroatoms. The molecule has 2 N–H and O–H groups in total. The molecular formula is C28H23N5O2S. The third kappa shape index (κ3) is 4.80. The Hall–Kier alpha value is -4.56. The van der Waals surface area contributed by atoms with Crippen LogP contribution in [0.25, 0.3) is 27.9 Å². The van der Waals surface area contributed by atoms with E-state index in [1.807, 2.05) is 86.8 Å². The molecule has 5 rings (SSSR count). The summed E-state index contributed by atoms with van der Waals surface area (Å²) in [6, 6.07) is 24.8. The van der Waals surface area contributed by atoms with Gasteiger partial charge in [-0.2, -0.15) is 10.2 Å². The van der Waals surface area contributed by atoms with Crippen LogP contribution in [-0.4, -0.2) is 21.1 Å². The summed E-state index contributed by atoms with van der Waals surface area (Å²) < 4.78 is 7.26. The van der Waals surface area contributed by atoms with Gasteiger partial charge in [0.05, 0.1) is 17.5 Å². The van der Waals surface area contributed by atoms with Gasteiger partial charge in [0.2, 0.25) is 0 Å². The van der Waals surface area contributed by atoms with Crippen molar-refractivity contribution in [1.82, 2.24) is 15.2 Å². The van der Waals surface area contributed by atoms with Crippen molar-refractivity contribution in [3.8, 4) is 16.9 Å². The number of aryl methyl sites for hydroxylation is 2. The number of anilines is 1. The highest BCUT2D eigenvalue weighted by molar-refractivity contribution is 7.80. The van der Waals surface area contributed by atoms with Crippen molar-refractivity contribution >= 4 is 40.2 Å². The van der Waals surface area contributed by atoms with Crippen molar-refractivity contribution in [2.24, 2.45) is 5.10 Å². The van der Waals surface area contributed by atoms with Crippen molar-refractivity contribution in [2.75, 3.05) is 5.32 Å². The molecule has 2 heterocycles. The highest BCUT2D eigenvalue weighted by Crippen LogP contribution is 2.24. The number of hydrogen-bond acceptors (Lipinski definition) is 5. The molecule has 0 fully saturated rings. The van der Waals surface area contributed by atoms with Crippen molar-refractivity contribution in [2.45, 2.75) is 13.8 Å². The minimum absolute atomic E-state index is 0.348. The average Bonchev–Trinajstić information content (AvgIpc) is 3.30. The molecule has 0 aliphatic rings. The molecule has 178 valence electrons. The molecule has 2 aromatic heterocycles. The van der Waals surface area contributed by atoms with Crippen LogP contribution >= 0.6 is 12.2 Å². The summed E-state index contributed by atoms with van der Waals surface area (Å²) in [4.78, 5) is 12.9. The maximum absolute atomic E-state index is 12.9. The second-order valence-electron chi connectivity index (χ2n) is 8.29. The highest BCUT2D eigenvalue weighted by Gasteiger charge is 2.16. The zero-order chi connectivity index (χ0) is 25.1. The maximum atomic E-state index is 12.9. The molecule has 5 aromatic rings. The first kappa shape index (κ1) is 23.2. The minimum Gasteiger partial charge on any atom is -0.422 e. The fourth-order valence-corrected chi connectivity index (χ4v) is 4.10. The second kappa shape index (κ2) is 9.97. The van der Waals surface area contributed by atoms with Crippen LogP contribution in [0.15, 0.2) is 99.4 Å². The number of benzene rings is 3. The van der Waals surface area contributed by atoms with Crippen LogP contribution in [0, 0.1) is 13.8 Å². The first-order valence-corrected chi connectivity index (χ1v) is 11.7. The quantitative estimate of drug-likeness (QED) is 0.144. The van der Waals surface area contributed by atoms with Gasteiger partial charge >= 0.3 is 5.63 Å². The van der Waals surface area contributed by atoms with Gasteiger partial charge in [0, 0.05) is 22.8 Å². The van der Waals surface area contributed by atoms with Gasteiger partial charge in [0.1, 0.15) is 11.3 Å². The van der Waals surface area contributed by atoms with E-state index in [0.717, 1.165) is 27.9 Å². The standard InChI is InChI=1S/C28H23N5O2S/c1-18-9-8-10-19(2)25(18)30-28(36)31-29-16-21-17-33(22-12-4-3-5-13-22)32-26(21)23-15-20-11-6-7-14-24(20)35-27(23)34/h3-17H,1-2H3,(H2,30,31,36). The number of nitrogens with one attached hydrogen (secondary N) is 2. The lowest BCUT2D eigenvalue weighted by atomic mass is 10.1. The van der Waals surface area contributed by atoms with E-state index in [9.17, 15) is 4.79 Å². The molecule has 0 atom stereocenters. The number of hydrazone groups is 1. The second-order valence-corrected chi connectivity index (χ2v) is 8.70. The number of fused-ring (bicyclic) bond motifs is 1. The van der Waals surface area contributed by atoms with Crippen LogP contribution in [0.3, 0.4) is 0 Å². The maximum Gasteiger partial charge on any atom is 0.345 e. The van der Waals surface area contributed by atoms with Gasteiger partial charge in [-0.15, -0.1) is 0 Å². The molecule has 0 saturated carbocycles. The van der Waals surface area contributed by atoms with E-state index >= 15 is 0 Å². The zero-order valence-corrected chi connectivity index (χ0v) is 20.5. The first-order valence-electron chi connectivity index (χ1n) is 11.3. The van der Waals surface area contributed by atoms with E-state index in [0.29, 0.717) is 27.5 Å². The Kier molecular flexibility index (Phi) is 6.42. The van der Waals surface area contributed by atoms with Gasteiger partial charge in [-0.3, -0.25) is 5.43 Å². The van der Waals surface area contributed by atoms with Gasteiger partial charge in [-0.05, 0) is 61.5 Å². The van der Waals surface area contributed by atoms with E-state index in [1.54, 1.807) is 23.0 Å². The Bertz CT molecular complexity index is 1630. The van der Waals surface area contributed by atoms with Gasteiger partial charge in [-0.25, -0.2) is 9.48 Å². The van der Waals surface area contributed by atoms with Gasteiger partial charge in [-0.1, -0.05) is 54.6 Å². The van der Waals surface area contributed by atoms with Gasteiger partial charge < -0.3 is 9.73 Å². The molecule has 0 amide bonds. The first-order chi connectivity index (χ1) is 17.5. The van der Waals surface area contributed by atoms with E-state index in [-0.39, 0.29) is 0 Å². The molecule has 0 aliphatic heterocycles. The zero-order valence-electron chi connectivity index (χ0n) is 19.7. The van der Waals surface area contributed by atoms with Crippen LogP contribution in [0.5, 0.6) is 0 Å². The number of nitrogens with zero attached hydrogens (tertiary/aromatic N) is 3. The van der Waals surface area contributed by atoms with Crippen molar-refractivity contribution in [3.05, 3.63) is 112 Å². The minimum atomic E-state index is -0.471. The SMILES string of the molecule is Cc1cccc(C)c1NC(=S)NN=Cc1cn(-c2ccccc2)nc1-c1cc2ccccc2oc1=O. The fourth-order valence-electron chi connectivity index (χ4n) is 3.94. The molecular weight excluding hydrogens is 470 g/mol. The summed E-state index contributed by atoms with van der Waals surface area (Å²) in [6.07, 6.45) is 3.40. The molecule has 0 radical (unpaired) electrons.